The predicted octanol–water partition coefficient (Wildman–Crippen LogP) is 2.81. The molecule has 0 aliphatic heterocycles. The third kappa shape index (κ3) is 4.09. The molecule has 0 spiro atoms. The molecule has 7 heteroatoms. The number of benzene rings is 1. The molecule has 0 unspecified atom stereocenters. The van der Waals surface area contributed by atoms with Gasteiger partial charge in [0.25, 0.3) is 0 Å². The monoisotopic (exact) mass is 300 g/mol. The van der Waals surface area contributed by atoms with E-state index < -0.39 is 24.4 Å². The summed E-state index contributed by atoms with van der Waals surface area (Å²) in [6.45, 7) is -0.0136. The number of amides is 2. The van der Waals surface area contributed by atoms with Crippen molar-refractivity contribution in [2.24, 2.45) is 5.92 Å². The van der Waals surface area contributed by atoms with E-state index in [1.54, 1.807) is 0 Å². The number of anilines is 1. The second kappa shape index (κ2) is 6.09. The van der Waals surface area contributed by atoms with Gasteiger partial charge in [-0.2, -0.15) is 0 Å². The van der Waals surface area contributed by atoms with E-state index in [1.165, 1.54) is 17.0 Å². The Balaban J connectivity index is 2.06. The molecular weight excluding hydrogens is 287 g/mol. The molecule has 2 amide bonds. The Hall–Kier alpha value is -1.82. The number of urea groups is 1. The summed E-state index contributed by atoms with van der Waals surface area (Å²) in [4.78, 5) is 24.0. The Bertz CT molecular complexity index is 534. The summed E-state index contributed by atoms with van der Waals surface area (Å²) in [6, 6.07) is 3.01. The number of halogens is 2. The average molecular weight is 301 g/mol. The molecule has 0 aromatic heterocycles. The molecule has 1 aliphatic carbocycles. The van der Waals surface area contributed by atoms with Crippen LogP contribution < -0.4 is 5.32 Å². The van der Waals surface area contributed by atoms with Crippen molar-refractivity contribution in [3.05, 3.63) is 29.0 Å². The van der Waals surface area contributed by atoms with Crippen LogP contribution in [0, 0.1) is 11.7 Å². The first kappa shape index (κ1) is 14.6. The molecule has 1 saturated carbocycles. The number of hydrogen-bond acceptors (Lipinski definition) is 2. The van der Waals surface area contributed by atoms with Gasteiger partial charge >= 0.3 is 12.0 Å². The maximum Gasteiger partial charge on any atom is 0.323 e. The van der Waals surface area contributed by atoms with E-state index in [-0.39, 0.29) is 10.7 Å². The summed E-state index contributed by atoms with van der Waals surface area (Å²) in [5.41, 5.74) is 0.128. The molecular formula is C13H14ClFN2O3. The van der Waals surface area contributed by atoms with E-state index in [0.717, 1.165) is 18.9 Å². The van der Waals surface area contributed by atoms with Gasteiger partial charge in [-0.25, -0.2) is 9.18 Å². The fourth-order valence-electron chi connectivity index (χ4n) is 1.78. The fourth-order valence-corrected chi connectivity index (χ4v) is 1.95. The van der Waals surface area contributed by atoms with E-state index in [9.17, 15) is 14.0 Å². The summed E-state index contributed by atoms with van der Waals surface area (Å²) in [6.07, 6.45) is 1.98. The van der Waals surface area contributed by atoms with Crippen molar-refractivity contribution in [2.45, 2.75) is 12.8 Å². The summed E-state index contributed by atoms with van der Waals surface area (Å²) in [7, 11) is 0. The Morgan fingerprint density at radius 3 is 2.75 bits per heavy atom. The van der Waals surface area contributed by atoms with Crippen molar-refractivity contribution in [3.63, 3.8) is 0 Å². The highest BCUT2D eigenvalue weighted by molar-refractivity contribution is 6.33. The Morgan fingerprint density at radius 1 is 1.45 bits per heavy atom. The summed E-state index contributed by atoms with van der Waals surface area (Å²) in [5, 5.41) is 11.5. The number of carboxylic acid groups (broad SMARTS) is 1. The number of rotatable bonds is 5. The number of hydrogen-bond donors (Lipinski definition) is 2. The minimum absolute atomic E-state index is 0.128. The number of carbonyl (C=O) groups is 2. The molecule has 0 bridgehead atoms. The van der Waals surface area contributed by atoms with E-state index in [4.69, 9.17) is 16.7 Å². The van der Waals surface area contributed by atoms with Gasteiger partial charge in [-0.3, -0.25) is 4.79 Å². The molecule has 108 valence electrons. The predicted molar refractivity (Wildman–Crippen MR) is 72.4 cm³/mol. The lowest BCUT2D eigenvalue weighted by molar-refractivity contribution is -0.137. The Labute approximate surface area is 120 Å². The van der Waals surface area contributed by atoms with Crippen LogP contribution in [0.4, 0.5) is 14.9 Å². The third-order valence-corrected chi connectivity index (χ3v) is 3.29. The largest absolute Gasteiger partial charge is 0.480 e. The van der Waals surface area contributed by atoms with Crippen molar-refractivity contribution in [1.82, 2.24) is 4.90 Å². The molecule has 1 aromatic rings. The molecule has 1 aliphatic rings. The number of carboxylic acids is 1. The van der Waals surface area contributed by atoms with E-state index in [2.05, 4.69) is 5.32 Å². The van der Waals surface area contributed by atoms with Crippen molar-refractivity contribution in [1.29, 1.82) is 0 Å². The normalized spacial score (nSPS) is 13.9. The molecule has 0 atom stereocenters. The molecule has 1 aromatic carbocycles. The van der Waals surface area contributed by atoms with Crippen LogP contribution in [0.1, 0.15) is 12.8 Å². The SMILES string of the molecule is O=C(O)CN(CC1CC1)C(=O)Nc1cc(F)ccc1Cl. The van der Waals surface area contributed by atoms with Gasteiger partial charge in [0.1, 0.15) is 12.4 Å². The fraction of sp³-hybridized carbons (Fsp3) is 0.385. The minimum Gasteiger partial charge on any atom is -0.480 e. The second-order valence-electron chi connectivity index (χ2n) is 4.77. The van der Waals surface area contributed by atoms with Crippen LogP contribution in [0.25, 0.3) is 0 Å². The highest BCUT2D eigenvalue weighted by Gasteiger charge is 2.28. The lowest BCUT2D eigenvalue weighted by Crippen LogP contribution is -2.40. The maximum absolute atomic E-state index is 13.1. The third-order valence-electron chi connectivity index (χ3n) is 2.96. The van der Waals surface area contributed by atoms with Gasteiger partial charge in [-0.15, -0.1) is 0 Å². The summed E-state index contributed by atoms with van der Waals surface area (Å²) < 4.78 is 13.1. The Morgan fingerprint density at radius 2 is 2.15 bits per heavy atom. The summed E-state index contributed by atoms with van der Waals surface area (Å²) in [5.74, 6) is -1.27. The van der Waals surface area contributed by atoms with E-state index in [1.807, 2.05) is 0 Å². The lowest BCUT2D eigenvalue weighted by atomic mass is 10.3. The second-order valence-corrected chi connectivity index (χ2v) is 5.18. The van der Waals surface area contributed by atoms with Gasteiger partial charge in [0.05, 0.1) is 10.7 Å². The first-order valence-electron chi connectivity index (χ1n) is 6.18. The molecule has 1 fully saturated rings. The smallest absolute Gasteiger partial charge is 0.323 e. The van der Waals surface area contributed by atoms with Crippen LogP contribution >= 0.6 is 11.6 Å². The first-order valence-corrected chi connectivity index (χ1v) is 6.56. The standard InChI is InChI=1S/C13H14ClFN2O3/c14-10-4-3-9(15)5-11(10)16-13(20)17(7-12(18)19)6-8-1-2-8/h3-5,8H,1-2,6-7H2,(H,16,20)(H,18,19). The van der Waals surface area contributed by atoms with Crippen LogP contribution in [0.15, 0.2) is 18.2 Å². The van der Waals surface area contributed by atoms with Crippen molar-refractivity contribution < 1.29 is 19.1 Å². The molecule has 0 heterocycles. The molecule has 2 N–H and O–H groups in total. The van der Waals surface area contributed by atoms with Gasteiger partial charge in [-0.1, -0.05) is 11.6 Å². The van der Waals surface area contributed by atoms with Crippen LogP contribution in [0.3, 0.4) is 0 Å². The minimum atomic E-state index is -1.09. The number of carbonyl (C=O) groups excluding carboxylic acids is 1. The Kier molecular flexibility index (Phi) is 4.44. The first-order chi connectivity index (χ1) is 9.45. The van der Waals surface area contributed by atoms with Gasteiger partial charge in [0.15, 0.2) is 0 Å². The molecule has 5 nitrogen and oxygen atoms in total. The maximum atomic E-state index is 13.1. The zero-order valence-corrected chi connectivity index (χ0v) is 11.4. The number of aliphatic carboxylic acids is 1. The van der Waals surface area contributed by atoms with E-state index >= 15 is 0 Å². The van der Waals surface area contributed by atoms with E-state index in [0.29, 0.717) is 12.5 Å². The van der Waals surface area contributed by atoms with Gasteiger partial charge in [0.2, 0.25) is 0 Å². The van der Waals surface area contributed by atoms with Gasteiger partial charge < -0.3 is 15.3 Å². The topological polar surface area (TPSA) is 69.6 Å². The number of nitrogens with zero attached hydrogens (tertiary/aromatic N) is 1. The lowest BCUT2D eigenvalue weighted by Gasteiger charge is -2.21. The van der Waals surface area contributed by atoms with Crippen molar-refractivity contribution in [3.8, 4) is 0 Å². The highest BCUT2D eigenvalue weighted by Crippen LogP contribution is 2.30. The van der Waals surface area contributed by atoms with Crippen molar-refractivity contribution in [2.75, 3.05) is 18.4 Å². The molecule has 2 rings (SSSR count). The highest BCUT2D eigenvalue weighted by atomic mass is 35.5. The van der Waals surface area contributed by atoms with Crippen LogP contribution in [-0.4, -0.2) is 35.1 Å². The zero-order valence-electron chi connectivity index (χ0n) is 10.6. The van der Waals surface area contributed by atoms with Gasteiger partial charge in [-0.05, 0) is 37.0 Å². The van der Waals surface area contributed by atoms with Crippen LogP contribution in [0.5, 0.6) is 0 Å². The average Bonchev–Trinajstić information content (AvgIpc) is 3.16. The molecule has 0 radical (unpaired) electrons. The molecule has 0 saturated heterocycles. The zero-order chi connectivity index (χ0) is 14.7. The van der Waals surface area contributed by atoms with Crippen molar-refractivity contribution >= 4 is 29.3 Å². The van der Waals surface area contributed by atoms with Crippen LogP contribution in [-0.2, 0) is 4.79 Å². The quantitative estimate of drug-likeness (QED) is 0.878. The van der Waals surface area contributed by atoms with Crippen LogP contribution in [0.2, 0.25) is 5.02 Å². The molecule has 20 heavy (non-hydrogen) atoms. The number of nitrogens with one attached hydrogen (secondary N) is 1. The van der Waals surface area contributed by atoms with Gasteiger partial charge in [0, 0.05) is 6.54 Å². The summed E-state index contributed by atoms with van der Waals surface area (Å²) >= 11 is 5.85.